The van der Waals surface area contributed by atoms with Crippen molar-refractivity contribution in [2.24, 2.45) is 0 Å². The zero-order valence-corrected chi connectivity index (χ0v) is 11.0. The molecule has 0 saturated heterocycles. The van der Waals surface area contributed by atoms with E-state index in [1.807, 2.05) is 0 Å². The molecule has 0 spiro atoms. The number of carbonyl (C=O) groups excluding carboxylic acids is 1. The van der Waals surface area contributed by atoms with E-state index in [0.717, 1.165) is 5.56 Å². The maximum atomic E-state index is 13.3. The minimum atomic E-state index is -0.603. The third-order valence-corrected chi connectivity index (χ3v) is 3.25. The Kier molecular flexibility index (Phi) is 3.69. The summed E-state index contributed by atoms with van der Waals surface area (Å²) >= 11 is 11.6. The lowest BCUT2D eigenvalue weighted by molar-refractivity contribution is 0.103. The standard InChI is InChI=1S/C14H9Cl2FO/c1-8-7-9(15)5-6-10(8)14(18)11-3-2-4-12(17)13(11)16/h2-7H,1H3. The van der Waals surface area contributed by atoms with Crippen molar-refractivity contribution in [1.29, 1.82) is 0 Å². The summed E-state index contributed by atoms with van der Waals surface area (Å²) in [5.41, 5.74) is 1.35. The van der Waals surface area contributed by atoms with Crippen LogP contribution in [0.1, 0.15) is 21.5 Å². The van der Waals surface area contributed by atoms with Crippen molar-refractivity contribution in [2.45, 2.75) is 6.92 Å². The molecule has 0 N–H and O–H groups in total. The van der Waals surface area contributed by atoms with Crippen molar-refractivity contribution >= 4 is 29.0 Å². The Morgan fingerprint density at radius 3 is 2.50 bits per heavy atom. The van der Waals surface area contributed by atoms with Gasteiger partial charge >= 0.3 is 0 Å². The van der Waals surface area contributed by atoms with Crippen LogP contribution in [-0.2, 0) is 0 Å². The second-order valence-electron chi connectivity index (χ2n) is 3.89. The van der Waals surface area contributed by atoms with E-state index in [9.17, 15) is 9.18 Å². The largest absolute Gasteiger partial charge is 0.289 e. The number of aryl methyl sites for hydroxylation is 1. The van der Waals surface area contributed by atoms with Crippen molar-refractivity contribution in [3.05, 3.63) is 69.0 Å². The van der Waals surface area contributed by atoms with Crippen LogP contribution in [0, 0.1) is 12.7 Å². The topological polar surface area (TPSA) is 17.1 Å². The van der Waals surface area contributed by atoms with E-state index in [1.165, 1.54) is 18.2 Å². The van der Waals surface area contributed by atoms with Gasteiger partial charge in [-0.2, -0.15) is 0 Å². The van der Waals surface area contributed by atoms with Crippen molar-refractivity contribution < 1.29 is 9.18 Å². The Bertz CT molecular complexity index is 623. The van der Waals surface area contributed by atoms with Gasteiger partial charge in [-0.05, 0) is 42.8 Å². The summed E-state index contributed by atoms with van der Waals surface area (Å²) in [7, 11) is 0. The predicted molar refractivity (Wildman–Crippen MR) is 71.0 cm³/mol. The van der Waals surface area contributed by atoms with Crippen LogP contribution in [0.15, 0.2) is 36.4 Å². The summed E-state index contributed by atoms with van der Waals surface area (Å²) in [4.78, 5) is 12.3. The summed E-state index contributed by atoms with van der Waals surface area (Å²) in [6.45, 7) is 1.77. The molecule has 0 amide bonds. The lowest BCUT2D eigenvalue weighted by Gasteiger charge is -2.07. The summed E-state index contributed by atoms with van der Waals surface area (Å²) in [5, 5.41) is 0.395. The van der Waals surface area contributed by atoms with E-state index in [0.29, 0.717) is 10.6 Å². The van der Waals surface area contributed by atoms with Crippen LogP contribution in [-0.4, -0.2) is 5.78 Å². The third-order valence-electron chi connectivity index (χ3n) is 2.63. The molecule has 0 heterocycles. The van der Waals surface area contributed by atoms with E-state index in [1.54, 1.807) is 25.1 Å². The van der Waals surface area contributed by atoms with Crippen molar-refractivity contribution in [3.8, 4) is 0 Å². The SMILES string of the molecule is Cc1cc(Cl)ccc1C(=O)c1cccc(F)c1Cl. The first-order valence-electron chi connectivity index (χ1n) is 5.25. The van der Waals surface area contributed by atoms with Crippen molar-refractivity contribution in [1.82, 2.24) is 0 Å². The highest BCUT2D eigenvalue weighted by molar-refractivity contribution is 6.35. The van der Waals surface area contributed by atoms with Gasteiger partial charge in [0.25, 0.3) is 0 Å². The van der Waals surface area contributed by atoms with Gasteiger partial charge in [0.15, 0.2) is 5.78 Å². The number of halogens is 3. The third kappa shape index (κ3) is 2.40. The molecule has 0 unspecified atom stereocenters. The normalized spacial score (nSPS) is 10.4. The predicted octanol–water partition coefficient (Wildman–Crippen LogP) is 4.67. The summed E-state index contributed by atoms with van der Waals surface area (Å²) in [6.07, 6.45) is 0. The molecular formula is C14H9Cl2FO. The van der Waals surface area contributed by atoms with Gasteiger partial charge in [0.1, 0.15) is 5.82 Å². The molecule has 0 aliphatic carbocycles. The molecular weight excluding hydrogens is 274 g/mol. The summed E-state index contributed by atoms with van der Waals surface area (Å²) < 4.78 is 13.3. The summed E-state index contributed by atoms with van der Waals surface area (Å²) in [6, 6.07) is 9.09. The van der Waals surface area contributed by atoms with Gasteiger partial charge < -0.3 is 0 Å². The minimum Gasteiger partial charge on any atom is -0.289 e. The van der Waals surface area contributed by atoms with Gasteiger partial charge in [-0.1, -0.05) is 29.3 Å². The number of rotatable bonds is 2. The van der Waals surface area contributed by atoms with Gasteiger partial charge in [-0.15, -0.1) is 0 Å². The number of benzene rings is 2. The molecule has 0 atom stereocenters. The first-order chi connectivity index (χ1) is 8.50. The number of carbonyl (C=O) groups is 1. The Morgan fingerprint density at radius 1 is 1.11 bits per heavy atom. The molecule has 2 rings (SSSR count). The monoisotopic (exact) mass is 282 g/mol. The average molecular weight is 283 g/mol. The molecule has 2 aromatic carbocycles. The summed E-state index contributed by atoms with van der Waals surface area (Å²) in [5.74, 6) is -0.914. The van der Waals surface area contributed by atoms with Gasteiger partial charge in [0.2, 0.25) is 0 Å². The second kappa shape index (κ2) is 5.09. The molecule has 0 aliphatic heterocycles. The lowest BCUT2D eigenvalue weighted by Crippen LogP contribution is -2.05. The van der Waals surface area contributed by atoms with Crippen LogP contribution < -0.4 is 0 Å². The van der Waals surface area contributed by atoms with E-state index >= 15 is 0 Å². The van der Waals surface area contributed by atoms with Gasteiger partial charge in [0, 0.05) is 16.1 Å². The highest BCUT2D eigenvalue weighted by atomic mass is 35.5. The molecule has 2 aromatic rings. The van der Waals surface area contributed by atoms with Crippen LogP contribution in [0.4, 0.5) is 4.39 Å². The fourth-order valence-corrected chi connectivity index (χ4v) is 2.14. The molecule has 0 fully saturated rings. The van der Waals surface area contributed by atoms with Crippen molar-refractivity contribution in [3.63, 3.8) is 0 Å². The zero-order chi connectivity index (χ0) is 13.3. The average Bonchev–Trinajstić information content (AvgIpc) is 2.32. The molecule has 0 bridgehead atoms. The van der Waals surface area contributed by atoms with E-state index in [-0.39, 0.29) is 16.4 Å². The first kappa shape index (κ1) is 13.1. The number of hydrogen-bond donors (Lipinski definition) is 0. The fraction of sp³-hybridized carbons (Fsp3) is 0.0714. The molecule has 0 saturated carbocycles. The molecule has 4 heteroatoms. The molecule has 0 radical (unpaired) electrons. The van der Waals surface area contributed by atoms with Crippen LogP contribution in [0.2, 0.25) is 10.0 Å². The van der Waals surface area contributed by atoms with Gasteiger partial charge in [-0.3, -0.25) is 4.79 Å². The van der Waals surface area contributed by atoms with Crippen LogP contribution in [0.3, 0.4) is 0 Å². The number of ketones is 1. The van der Waals surface area contributed by atoms with Gasteiger partial charge in [-0.25, -0.2) is 4.39 Å². The molecule has 0 aromatic heterocycles. The number of hydrogen-bond acceptors (Lipinski definition) is 1. The Hall–Kier alpha value is -1.38. The van der Waals surface area contributed by atoms with Crippen LogP contribution in [0.5, 0.6) is 0 Å². The molecule has 92 valence electrons. The fourth-order valence-electron chi connectivity index (χ4n) is 1.71. The Morgan fingerprint density at radius 2 is 1.83 bits per heavy atom. The minimum absolute atomic E-state index is 0.155. The van der Waals surface area contributed by atoms with Crippen molar-refractivity contribution in [2.75, 3.05) is 0 Å². The van der Waals surface area contributed by atoms with E-state index in [4.69, 9.17) is 23.2 Å². The maximum Gasteiger partial charge on any atom is 0.194 e. The molecule has 0 aliphatic rings. The first-order valence-corrected chi connectivity index (χ1v) is 6.01. The molecule has 1 nitrogen and oxygen atoms in total. The molecule has 18 heavy (non-hydrogen) atoms. The maximum absolute atomic E-state index is 13.3. The van der Waals surface area contributed by atoms with E-state index in [2.05, 4.69) is 0 Å². The van der Waals surface area contributed by atoms with Gasteiger partial charge in [0.05, 0.1) is 5.02 Å². The zero-order valence-electron chi connectivity index (χ0n) is 9.51. The van der Waals surface area contributed by atoms with Crippen LogP contribution >= 0.6 is 23.2 Å². The highest BCUT2D eigenvalue weighted by Gasteiger charge is 2.17. The lowest BCUT2D eigenvalue weighted by atomic mass is 9.99. The van der Waals surface area contributed by atoms with Crippen LogP contribution in [0.25, 0.3) is 0 Å². The Balaban J connectivity index is 2.51. The quantitative estimate of drug-likeness (QED) is 0.732. The highest BCUT2D eigenvalue weighted by Crippen LogP contribution is 2.24. The van der Waals surface area contributed by atoms with E-state index < -0.39 is 5.82 Å². The second-order valence-corrected chi connectivity index (χ2v) is 4.70. The smallest absolute Gasteiger partial charge is 0.194 e. The Labute approximate surface area is 114 Å².